The van der Waals surface area contributed by atoms with Crippen molar-refractivity contribution in [3.05, 3.63) is 23.5 Å². The zero-order valence-electron chi connectivity index (χ0n) is 6.59. The molecule has 0 bridgehead atoms. The molecule has 2 nitrogen and oxygen atoms in total. The van der Waals surface area contributed by atoms with E-state index in [1.807, 2.05) is 13.0 Å². The number of hydrogen-bond acceptors (Lipinski definition) is 2. The van der Waals surface area contributed by atoms with Crippen LogP contribution in [0.3, 0.4) is 0 Å². The predicted molar refractivity (Wildman–Crippen MR) is 43.5 cm³/mol. The molecule has 1 heterocycles. The first-order valence-corrected chi connectivity index (χ1v) is 3.26. The molecule has 0 atom stereocenters. The van der Waals surface area contributed by atoms with Crippen molar-refractivity contribution in [2.75, 3.05) is 7.11 Å². The van der Waals surface area contributed by atoms with E-state index in [4.69, 9.17) is 11.2 Å². The van der Waals surface area contributed by atoms with Gasteiger partial charge in [-0.2, -0.15) is 0 Å². The molecule has 0 aliphatic carbocycles. The zero-order valence-corrected chi connectivity index (χ0v) is 6.59. The first kappa shape index (κ1) is 7.62. The van der Waals surface area contributed by atoms with Crippen LogP contribution in [0, 0.1) is 19.3 Å². The maximum absolute atomic E-state index is 5.16. The molecule has 0 aromatic carbocycles. The molecule has 0 aliphatic heterocycles. The summed E-state index contributed by atoms with van der Waals surface area (Å²) in [5.74, 6) is 3.22. The average molecular weight is 147 g/mol. The van der Waals surface area contributed by atoms with Crippen molar-refractivity contribution in [1.82, 2.24) is 4.98 Å². The van der Waals surface area contributed by atoms with Gasteiger partial charge in [0.05, 0.1) is 12.8 Å². The highest BCUT2D eigenvalue weighted by molar-refractivity contribution is 5.34. The fourth-order valence-corrected chi connectivity index (χ4v) is 0.844. The molecule has 1 aromatic rings. The molecular weight excluding hydrogens is 138 g/mol. The summed E-state index contributed by atoms with van der Waals surface area (Å²) in [6.45, 7) is 1.86. The Morgan fingerprint density at radius 2 is 2.27 bits per heavy atom. The summed E-state index contributed by atoms with van der Waals surface area (Å²) >= 11 is 0. The topological polar surface area (TPSA) is 22.1 Å². The zero-order chi connectivity index (χ0) is 8.27. The van der Waals surface area contributed by atoms with Crippen LogP contribution in [0.5, 0.6) is 5.75 Å². The molecule has 2 heteroatoms. The van der Waals surface area contributed by atoms with Gasteiger partial charge in [0.25, 0.3) is 0 Å². The van der Waals surface area contributed by atoms with Gasteiger partial charge in [0.1, 0.15) is 11.4 Å². The van der Waals surface area contributed by atoms with Crippen molar-refractivity contribution in [2.24, 2.45) is 0 Å². The van der Waals surface area contributed by atoms with E-state index in [1.165, 1.54) is 0 Å². The maximum atomic E-state index is 5.16. The molecule has 0 spiro atoms. The first-order valence-electron chi connectivity index (χ1n) is 3.26. The number of rotatable bonds is 1. The Labute approximate surface area is 66.2 Å². The van der Waals surface area contributed by atoms with Gasteiger partial charge in [-0.25, -0.2) is 4.98 Å². The van der Waals surface area contributed by atoms with Gasteiger partial charge in [-0.05, 0) is 19.1 Å². The Balaban J connectivity index is 3.12. The molecule has 11 heavy (non-hydrogen) atoms. The first-order chi connectivity index (χ1) is 5.27. The summed E-state index contributed by atoms with van der Waals surface area (Å²) in [5.41, 5.74) is 1.46. The Bertz CT molecular complexity index is 299. The van der Waals surface area contributed by atoms with Crippen molar-refractivity contribution in [1.29, 1.82) is 0 Å². The molecule has 0 radical (unpaired) electrons. The second kappa shape index (κ2) is 3.07. The van der Waals surface area contributed by atoms with Gasteiger partial charge in [0.2, 0.25) is 0 Å². The van der Waals surface area contributed by atoms with E-state index in [0.717, 1.165) is 11.4 Å². The van der Waals surface area contributed by atoms with E-state index in [1.54, 1.807) is 13.2 Å². The third-order valence-corrected chi connectivity index (χ3v) is 1.41. The number of terminal acetylenes is 1. The highest BCUT2D eigenvalue weighted by atomic mass is 16.5. The number of aryl methyl sites for hydroxylation is 1. The minimum Gasteiger partial charge on any atom is -0.495 e. The van der Waals surface area contributed by atoms with E-state index in [0.29, 0.717) is 5.69 Å². The molecule has 0 unspecified atom stereocenters. The highest BCUT2D eigenvalue weighted by Crippen LogP contribution is 2.13. The normalized spacial score (nSPS) is 8.82. The summed E-state index contributed by atoms with van der Waals surface area (Å²) in [7, 11) is 1.61. The third-order valence-electron chi connectivity index (χ3n) is 1.41. The minimum absolute atomic E-state index is 0.642. The van der Waals surface area contributed by atoms with Crippen LogP contribution in [0.15, 0.2) is 12.1 Å². The molecule has 0 N–H and O–H groups in total. The Morgan fingerprint density at radius 1 is 1.55 bits per heavy atom. The van der Waals surface area contributed by atoms with E-state index in [-0.39, 0.29) is 0 Å². The fourth-order valence-electron chi connectivity index (χ4n) is 0.844. The minimum atomic E-state index is 0.642. The third kappa shape index (κ3) is 1.50. The number of hydrogen-bond donors (Lipinski definition) is 0. The van der Waals surface area contributed by atoms with Gasteiger partial charge < -0.3 is 4.74 Å². The smallest absolute Gasteiger partial charge is 0.140 e. The molecule has 0 saturated heterocycles. The van der Waals surface area contributed by atoms with Crippen LogP contribution in [-0.2, 0) is 0 Å². The lowest BCUT2D eigenvalue weighted by Gasteiger charge is -2.02. The summed E-state index contributed by atoms with van der Waals surface area (Å²) in [6, 6.07) is 3.57. The van der Waals surface area contributed by atoms with Gasteiger partial charge in [0, 0.05) is 0 Å². The van der Waals surface area contributed by atoms with Gasteiger partial charge in [-0.15, -0.1) is 6.42 Å². The lowest BCUT2D eigenvalue weighted by molar-refractivity contribution is 0.409. The summed E-state index contributed by atoms with van der Waals surface area (Å²) in [4.78, 5) is 4.10. The lowest BCUT2D eigenvalue weighted by atomic mass is 10.3. The largest absolute Gasteiger partial charge is 0.495 e. The second-order valence-electron chi connectivity index (χ2n) is 2.13. The second-order valence-corrected chi connectivity index (χ2v) is 2.13. The molecule has 0 amide bonds. The number of methoxy groups -OCH3 is 1. The molecule has 0 aliphatic rings. The van der Waals surface area contributed by atoms with Crippen molar-refractivity contribution in [3.63, 3.8) is 0 Å². The van der Waals surface area contributed by atoms with Crippen LogP contribution < -0.4 is 4.74 Å². The summed E-state index contributed by atoms with van der Waals surface area (Å²) < 4.78 is 5.01. The van der Waals surface area contributed by atoms with Gasteiger partial charge in [0.15, 0.2) is 0 Å². The Hall–Kier alpha value is -1.49. The van der Waals surface area contributed by atoms with Crippen LogP contribution in [0.25, 0.3) is 0 Å². The van der Waals surface area contributed by atoms with Crippen LogP contribution in [0.2, 0.25) is 0 Å². The van der Waals surface area contributed by atoms with E-state index in [9.17, 15) is 0 Å². The van der Waals surface area contributed by atoms with Crippen molar-refractivity contribution in [3.8, 4) is 18.1 Å². The molecular formula is C9H9NO. The van der Waals surface area contributed by atoms with E-state index < -0.39 is 0 Å². The van der Waals surface area contributed by atoms with Gasteiger partial charge in [-0.3, -0.25) is 0 Å². The Morgan fingerprint density at radius 3 is 2.73 bits per heavy atom. The highest BCUT2D eigenvalue weighted by Gasteiger charge is 1.97. The van der Waals surface area contributed by atoms with Crippen molar-refractivity contribution < 1.29 is 4.74 Å². The SMILES string of the molecule is C#Cc1ccc(OC)c(C)n1. The van der Waals surface area contributed by atoms with Crippen LogP contribution >= 0.6 is 0 Å². The van der Waals surface area contributed by atoms with E-state index in [2.05, 4.69) is 10.9 Å². The monoisotopic (exact) mass is 147 g/mol. The number of nitrogens with zero attached hydrogens (tertiary/aromatic N) is 1. The predicted octanol–water partition coefficient (Wildman–Crippen LogP) is 1.38. The van der Waals surface area contributed by atoms with Crippen molar-refractivity contribution >= 4 is 0 Å². The fraction of sp³-hybridized carbons (Fsp3) is 0.222. The van der Waals surface area contributed by atoms with Crippen LogP contribution in [0.4, 0.5) is 0 Å². The molecule has 56 valence electrons. The Kier molecular flexibility index (Phi) is 2.12. The average Bonchev–Trinajstić information content (AvgIpc) is 2.04. The molecule has 0 saturated carbocycles. The van der Waals surface area contributed by atoms with Gasteiger partial charge in [-0.1, -0.05) is 5.92 Å². The number of pyridine rings is 1. The summed E-state index contributed by atoms with van der Waals surface area (Å²) in [6.07, 6.45) is 5.16. The maximum Gasteiger partial charge on any atom is 0.140 e. The van der Waals surface area contributed by atoms with Crippen LogP contribution in [0.1, 0.15) is 11.4 Å². The van der Waals surface area contributed by atoms with E-state index >= 15 is 0 Å². The molecule has 1 rings (SSSR count). The standard InChI is InChI=1S/C9H9NO/c1-4-8-5-6-9(11-3)7(2)10-8/h1,5-6H,2-3H3. The van der Waals surface area contributed by atoms with Crippen LogP contribution in [-0.4, -0.2) is 12.1 Å². The lowest BCUT2D eigenvalue weighted by Crippen LogP contribution is -1.91. The van der Waals surface area contributed by atoms with Crippen molar-refractivity contribution in [2.45, 2.75) is 6.92 Å². The van der Waals surface area contributed by atoms with Gasteiger partial charge >= 0.3 is 0 Å². The summed E-state index contributed by atoms with van der Waals surface area (Å²) in [5, 5.41) is 0. The number of aromatic nitrogens is 1. The number of ether oxygens (including phenoxy) is 1. The molecule has 1 aromatic heterocycles. The quantitative estimate of drug-likeness (QED) is 0.560. The molecule has 0 fully saturated rings.